The van der Waals surface area contributed by atoms with Crippen molar-refractivity contribution in [2.45, 2.75) is 26.3 Å². The van der Waals surface area contributed by atoms with Crippen molar-refractivity contribution in [2.75, 3.05) is 12.0 Å². The molecule has 1 heterocycles. The smallest absolute Gasteiger partial charge is 0.237 e. The van der Waals surface area contributed by atoms with Gasteiger partial charge in [-0.2, -0.15) is 0 Å². The highest BCUT2D eigenvalue weighted by Gasteiger charge is 2.53. The largest absolute Gasteiger partial charge is 0.497 e. The van der Waals surface area contributed by atoms with Crippen LogP contribution >= 0.6 is 23.5 Å². The molecule has 0 spiro atoms. The van der Waals surface area contributed by atoms with Crippen LogP contribution in [0.3, 0.4) is 0 Å². The van der Waals surface area contributed by atoms with Crippen LogP contribution in [0.2, 0.25) is 0 Å². The summed E-state index contributed by atoms with van der Waals surface area (Å²) < 4.78 is 5.43. The number of benzene rings is 4. The second kappa shape index (κ2) is 10.4. The maximum absolute atomic E-state index is 13.6. The molecule has 4 aromatic rings. The Balaban J connectivity index is 1.55. The van der Waals surface area contributed by atoms with E-state index in [0.29, 0.717) is 0 Å². The number of hydrogen-bond acceptors (Lipinski definition) is 4. The number of amides is 1. The molecule has 1 aliphatic heterocycles. The van der Waals surface area contributed by atoms with E-state index in [1.54, 1.807) is 7.11 Å². The van der Waals surface area contributed by atoms with Crippen molar-refractivity contribution in [3.63, 3.8) is 0 Å². The molecule has 0 saturated carbocycles. The Kier molecular flexibility index (Phi) is 6.93. The number of thioether (sulfide) groups is 2. The average Bonchev–Trinajstić information content (AvgIpc) is 2.89. The van der Waals surface area contributed by atoms with Gasteiger partial charge in [0.15, 0.2) is 0 Å². The first kappa shape index (κ1) is 22.6. The highest BCUT2D eigenvalue weighted by molar-refractivity contribution is 8.17. The minimum atomic E-state index is -0.194. The van der Waals surface area contributed by atoms with E-state index in [1.807, 2.05) is 83.0 Å². The predicted octanol–water partition coefficient (Wildman–Crippen LogP) is 7.10. The third kappa shape index (κ3) is 4.72. The summed E-state index contributed by atoms with van der Waals surface area (Å²) in [5.74, 6) is 0.719. The maximum atomic E-state index is 13.6. The Morgan fingerprint density at radius 2 is 1.21 bits per heavy atom. The molecule has 0 aromatic heterocycles. The van der Waals surface area contributed by atoms with Crippen molar-refractivity contribution >= 4 is 35.1 Å². The summed E-state index contributed by atoms with van der Waals surface area (Å²) >= 11 is 3.64. The maximum Gasteiger partial charge on any atom is 0.237 e. The van der Waals surface area contributed by atoms with Crippen LogP contribution in [0.5, 0.6) is 5.75 Å². The minimum absolute atomic E-state index is 0.0151. The SMILES string of the molecule is COc1ccc(N2C(=O)[C@@H](c3ccccc3)[C@H]2C(Sc2ccccc2)Sc2ccccc2)cc1. The van der Waals surface area contributed by atoms with Crippen molar-refractivity contribution in [3.8, 4) is 5.75 Å². The normalized spacial score (nSPS) is 17.5. The summed E-state index contributed by atoms with van der Waals surface area (Å²) in [6.07, 6.45) is 0. The Hall–Kier alpha value is -3.15. The summed E-state index contributed by atoms with van der Waals surface area (Å²) in [5, 5.41) is 0. The zero-order chi connectivity index (χ0) is 23.3. The van der Waals surface area contributed by atoms with Gasteiger partial charge in [-0.15, -0.1) is 23.5 Å². The average molecular weight is 484 g/mol. The van der Waals surface area contributed by atoms with Crippen LogP contribution in [0.1, 0.15) is 11.5 Å². The molecule has 34 heavy (non-hydrogen) atoms. The molecular formula is C29H25NO2S2. The Morgan fingerprint density at radius 1 is 0.706 bits per heavy atom. The molecule has 1 aliphatic rings. The van der Waals surface area contributed by atoms with Gasteiger partial charge in [0.25, 0.3) is 0 Å². The fourth-order valence-corrected chi connectivity index (χ4v) is 7.12. The minimum Gasteiger partial charge on any atom is -0.497 e. The topological polar surface area (TPSA) is 29.5 Å². The summed E-state index contributed by atoms with van der Waals surface area (Å²) in [6, 6.07) is 38.8. The van der Waals surface area contributed by atoms with Gasteiger partial charge in [-0.1, -0.05) is 66.7 Å². The van der Waals surface area contributed by atoms with E-state index in [1.165, 1.54) is 9.79 Å². The third-order valence-electron chi connectivity index (χ3n) is 5.92. The highest BCUT2D eigenvalue weighted by Crippen LogP contribution is 2.50. The van der Waals surface area contributed by atoms with E-state index in [-0.39, 0.29) is 22.4 Å². The van der Waals surface area contributed by atoms with E-state index < -0.39 is 0 Å². The van der Waals surface area contributed by atoms with Crippen LogP contribution in [0.15, 0.2) is 125 Å². The summed E-state index contributed by atoms with van der Waals surface area (Å²) in [6.45, 7) is 0. The van der Waals surface area contributed by atoms with E-state index in [0.717, 1.165) is 17.0 Å². The molecular weight excluding hydrogens is 458 g/mol. The van der Waals surface area contributed by atoms with Crippen LogP contribution in [0.4, 0.5) is 5.69 Å². The second-order valence-electron chi connectivity index (χ2n) is 8.02. The standard InChI is InChI=1S/C29H25NO2S2/c1-32-23-19-17-22(18-20-23)30-27(26(28(30)31)21-11-5-2-6-12-21)29(33-24-13-7-3-8-14-24)34-25-15-9-4-10-16-25/h2-20,26-27,29H,1H3/t26-,27-/m0/s1. The fraction of sp³-hybridized carbons (Fsp3) is 0.138. The molecule has 4 aromatic carbocycles. The number of carbonyl (C=O) groups is 1. The lowest BCUT2D eigenvalue weighted by Crippen LogP contribution is -2.63. The molecule has 0 bridgehead atoms. The molecule has 0 N–H and O–H groups in total. The number of nitrogens with zero attached hydrogens (tertiary/aromatic N) is 1. The quantitative estimate of drug-likeness (QED) is 0.152. The summed E-state index contributed by atoms with van der Waals surface area (Å²) in [5.41, 5.74) is 1.96. The molecule has 0 unspecified atom stereocenters. The van der Waals surface area contributed by atoms with Crippen LogP contribution in [-0.2, 0) is 4.79 Å². The van der Waals surface area contributed by atoms with E-state index in [9.17, 15) is 4.79 Å². The van der Waals surface area contributed by atoms with Gasteiger partial charge in [0.2, 0.25) is 5.91 Å². The molecule has 5 rings (SSSR count). The molecule has 1 fully saturated rings. The second-order valence-corrected chi connectivity index (χ2v) is 10.7. The lowest BCUT2D eigenvalue weighted by atomic mass is 9.82. The number of rotatable bonds is 8. The molecule has 0 radical (unpaired) electrons. The monoisotopic (exact) mass is 483 g/mol. The number of β-lactam (4-membered cyclic amide) rings is 1. The summed E-state index contributed by atoms with van der Waals surface area (Å²) in [7, 11) is 1.65. The molecule has 1 amide bonds. The molecule has 1 saturated heterocycles. The van der Waals surface area contributed by atoms with E-state index >= 15 is 0 Å². The van der Waals surface area contributed by atoms with Crippen LogP contribution < -0.4 is 9.64 Å². The fourth-order valence-electron chi connectivity index (χ4n) is 4.26. The molecule has 5 heteroatoms. The first-order valence-corrected chi connectivity index (χ1v) is 13.0. The molecule has 3 nitrogen and oxygen atoms in total. The first-order chi connectivity index (χ1) is 16.7. The van der Waals surface area contributed by atoms with Crippen LogP contribution in [0.25, 0.3) is 0 Å². The van der Waals surface area contributed by atoms with Crippen LogP contribution in [0, 0.1) is 0 Å². The van der Waals surface area contributed by atoms with Crippen molar-refractivity contribution in [1.29, 1.82) is 0 Å². The Labute approximate surface area is 209 Å². The Bertz CT molecular complexity index is 1180. The van der Waals surface area contributed by atoms with Gasteiger partial charge in [-0.05, 0) is 54.1 Å². The van der Waals surface area contributed by atoms with Gasteiger partial charge in [-0.3, -0.25) is 4.79 Å². The van der Waals surface area contributed by atoms with Gasteiger partial charge in [0, 0.05) is 15.5 Å². The number of anilines is 1. The molecule has 170 valence electrons. The van der Waals surface area contributed by atoms with E-state index in [2.05, 4.69) is 60.7 Å². The number of ether oxygens (including phenoxy) is 1. The van der Waals surface area contributed by atoms with Crippen LogP contribution in [-0.4, -0.2) is 23.6 Å². The zero-order valence-corrected chi connectivity index (χ0v) is 20.4. The van der Waals surface area contributed by atoms with Gasteiger partial charge in [0.1, 0.15) is 5.75 Å². The highest BCUT2D eigenvalue weighted by atomic mass is 32.2. The number of carbonyl (C=O) groups excluding carboxylic acids is 1. The van der Waals surface area contributed by atoms with Crippen molar-refractivity contribution < 1.29 is 9.53 Å². The van der Waals surface area contributed by atoms with Gasteiger partial charge < -0.3 is 9.64 Å². The van der Waals surface area contributed by atoms with Crippen molar-refractivity contribution in [3.05, 3.63) is 121 Å². The van der Waals surface area contributed by atoms with Crippen molar-refractivity contribution in [2.24, 2.45) is 0 Å². The number of methoxy groups -OCH3 is 1. The third-order valence-corrected chi connectivity index (χ3v) is 8.61. The van der Waals surface area contributed by atoms with Gasteiger partial charge in [0.05, 0.1) is 23.7 Å². The predicted molar refractivity (Wildman–Crippen MR) is 142 cm³/mol. The van der Waals surface area contributed by atoms with E-state index in [4.69, 9.17) is 4.74 Å². The Morgan fingerprint density at radius 3 is 1.71 bits per heavy atom. The lowest BCUT2D eigenvalue weighted by Gasteiger charge is -2.50. The van der Waals surface area contributed by atoms with Gasteiger partial charge >= 0.3 is 0 Å². The summed E-state index contributed by atoms with van der Waals surface area (Å²) in [4.78, 5) is 18.0. The molecule has 2 atom stereocenters. The lowest BCUT2D eigenvalue weighted by molar-refractivity contribution is -0.126. The molecule has 0 aliphatic carbocycles. The first-order valence-electron chi connectivity index (χ1n) is 11.2. The zero-order valence-electron chi connectivity index (χ0n) is 18.8. The van der Waals surface area contributed by atoms with Gasteiger partial charge in [-0.25, -0.2) is 0 Å². The number of hydrogen-bond donors (Lipinski definition) is 0. The van der Waals surface area contributed by atoms with Crippen molar-refractivity contribution in [1.82, 2.24) is 0 Å².